The van der Waals surface area contributed by atoms with Crippen molar-refractivity contribution in [2.45, 2.75) is 32.6 Å². The van der Waals surface area contributed by atoms with Crippen LogP contribution in [-0.4, -0.2) is 45.2 Å². The van der Waals surface area contributed by atoms with Crippen molar-refractivity contribution in [3.8, 4) is 0 Å². The predicted molar refractivity (Wildman–Crippen MR) is 93.3 cm³/mol. The molecular weight excluding hydrogens is 318 g/mol. The molecule has 0 bridgehead atoms. The summed E-state index contributed by atoms with van der Waals surface area (Å²) in [6.45, 7) is 4.67. The van der Waals surface area contributed by atoms with Crippen molar-refractivity contribution in [2.75, 3.05) is 13.1 Å². The summed E-state index contributed by atoms with van der Waals surface area (Å²) in [6, 6.07) is 9.59. The second-order valence-electron chi connectivity index (χ2n) is 6.68. The highest BCUT2D eigenvalue weighted by molar-refractivity contribution is 5.79. The molecule has 1 aliphatic heterocycles. The summed E-state index contributed by atoms with van der Waals surface area (Å²) in [4.78, 5) is 25.9. The molecule has 6 nitrogen and oxygen atoms in total. The molecule has 0 saturated carbocycles. The summed E-state index contributed by atoms with van der Waals surface area (Å²) in [6.07, 6.45) is 0.915. The Bertz CT molecular complexity index is 769. The number of H-pyrrole nitrogens is 1. The molecule has 1 aromatic heterocycles. The van der Waals surface area contributed by atoms with Crippen LogP contribution in [0, 0.1) is 19.8 Å². The Hall–Kier alpha value is -2.63. The van der Waals surface area contributed by atoms with E-state index in [1.54, 1.807) is 4.90 Å². The van der Waals surface area contributed by atoms with Gasteiger partial charge in [-0.05, 0) is 25.0 Å². The molecular formula is C19H23N3O3. The van der Waals surface area contributed by atoms with Crippen molar-refractivity contribution in [1.29, 1.82) is 0 Å². The molecule has 132 valence electrons. The van der Waals surface area contributed by atoms with E-state index in [2.05, 4.69) is 10.2 Å². The van der Waals surface area contributed by atoms with E-state index in [9.17, 15) is 14.7 Å². The monoisotopic (exact) mass is 341 g/mol. The van der Waals surface area contributed by atoms with Crippen molar-refractivity contribution in [1.82, 2.24) is 15.1 Å². The third-order valence-corrected chi connectivity index (χ3v) is 5.15. The quantitative estimate of drug-likeness (QED) is 0.873. The molecule has 1 saturated heterocycles. The lowest BCUT2D eigenvalue weighted by Crippen LogP contribution is -2.30. The number of aliphatic carboxylic acids is 1. The number of aryl methyl sites for hydroxylation is 2. The molecule has 1 aromatic carbocycles. The first-order valence-electron chi connectivity index (χ1n) is 8.53. The minimum Gasteiger partial charge on any atom is -0.481 e. The van der Waals surface area contributed by atoms with Crippen LogP contribution in [0.4, 0.5) is 0 Å². The molecule has 1 aliphatic rings. The Morgan fingerprint density at radius 2 is 1.96 bits per heavy atom. The van der Waals surface area contributed by atoms with E-state index >= 15 is 0 Å². The number of benzene rings is 1. The van der Waals surface area contributed by atoms with Crippen LogP contribution in [0.25, 0.3) is 0 Å². The molecule has 0 radical (unpaired) electrons. The van der Waals surface area contributed by atoms with Gasteiger partial charge >= 0.3 is 5.97 Å². The molecule has 2 aromatic rings. The van der Waals surface area contributed by atoms with Crippen LogP contribution in [0.5, 0.6) is 0 Å². The second-order valence-corrected chi connectivity index (χ2v) is 6.68. The Morgan fingerprint density at radius 1 is 1.24 bits per heavy atom. The molecule has 1 amide bonds. The van der Waals surface area contributed by atoms with Crippen molar-refractivity contribution in [3.63, 3.8) is 0 Å². The number of nitrogens with zero attached hydrogens (tertiary/aromatic N) is 2. The summed E-state index contributed by atoms with van der Waals surface area (Å²) >= 11 is 0. The van der Waals surface area contributed by atoms with Crippen molar-refractivity contribution < 1.29 is 14.7 Å². The van der Waals surface area contributed by atoms with Crippen LogP contribution in [0.15, 0.2) is 30.3 Å². The zero-order chi connectivity index (χ0) is 18.0. The topological polar surface area (TPSA) is 86.3 Å². The second kappa shape index (κ2) is 7.09. The summed E-state index contributed by atoms with van der Waals surface area (Å²) < 4.78 is 0. The zero-order valence-electron chi connectivity index (χ0n) is 14.5. The lowest BCUT2D eigenvalue weighted by atomic mass is 9.89. The number of carbonyl (C=O) groups is 2. The summed E-state index contributed by atoms with van der Waals surface area (Å²) in [5.74, 6) is -1.56. The molecule has 3 rings (SSSR count). The van der Waals surface area contributed by atoms with Gasteiger partial charge in [-0.2, -0.15) is 5.10 Å². The van der Waals surface area contributed by atoms with Crippen molar-refractivity contribution >= 4 is 11.9 Å². The highest BCUT2D eigenvalue weighted by Gasteiger charge is 2.40. The van der Waals surface area contributed by atoms with Crippen LogP contribution in [0.2, 0.25) is 0 Å². The minimum atomic E-state index is -0.845. The van der Waals surface area contributed by atoms with Gasteiger partial charge in [0, 0.05) is 37.5 Å². The maximum absolute atomic E-state index is 12.6. The molecule has 2 atom stereocenters. The molecule has 2 N–H and O–H groups in total. The Labute approximate surface area is 146 Å². The molecule has 6 heteroatoms. The van der Waals surface area contributed by atoms with Crippen molar-refractivity contribution in [3.05, 3.63) is 52.8 Å². The van der Waals surface area contributed by atoms with E-state index in [4.69, 9.17) is 0 Å². The van der Waals surface area contributed by atoms with Gasteiger partial charge in [0.05, 0.1) is 11.6 Å². The number of likely N-dealkylation sites (tertiary alicyclic amines) is 1. The van der Waals surface area contributed by atoms with Gasteiger partial charge in [0.15, 0.2) is 0 Å². The van der Waals surface area contributed by atoms with Crippen LogP contribution in [0.3, 0.4) is 0 Å². The first-order valence-corrected chi connectivity index (χ1v) is 8.53. The van der Waals surface area contributed by atoms with Crippen LogP contribution in [0.1, 0.15) is 34.9 Å². The molecule has 0 aliphatic carbocycles. The molecule has 2 heterocycles. The van der Waals surface area contributed by atoms with Gasteiger partial charge in [0.2, 0.25) is 5.91 Å². The Balaban J connectivity index is 1.67. The number of hydrogen-bond acceptors (Lipinski definition) is 3. The number of carboxylic acid groups (broad SMARTS) is 1. The molecule has 1 fully saturated rings. The fraction of sp³-hybridized carbons (Fsp3) is 0.421. The SMILES string of the molecule is Cc1[nH]nc(CCC(=O)N2C[C@@H](C(=O)O)[C@H](c3ccccc3)C2)c1C. The standard InChI is InChI=1S/C19H23N3O3/c1-12-13(2)20-21-17(12)8-9-18(23)22-10-15(16(11-22)19(24)25)14-6-4-3-5-7-14/h3-7,15-16H,8-11H2,1-2H3,(H,20,21)(H,24,25)/t15-,16+/m0/s1. The number of aromatic nitrogens is 2. The fourth-order valence-corrected chi connectivity index (χ4v) is 3.46. The molecule has 0 spiro atoms. The van der Waals surface area contributed by atoms with E-state index in [1.165, 1.54) is 0 Å². The van der Waals surface area contributed by atoms with Crippen LogP contribution >= 0.6 is 0 Å². The van der Waals surface area contributed by atoms with E-state index in [1.807, 2.05) is 44.2 Å². The van der Waals surface area contributed by atoms with Gasteiger partial charge in [0.25, 0.3) is 0 Å². The number of amides is 1. The normalized spacial score (nSPS) is 20.0. The highest BCUT2D eigenvalue weighted by Crippen LogP contribution is 2.33. The third-order valence-electron chi connectivity index (χ3n) is 5.15. The van der Waals surface area contributed by atoms with E-state index in [0.29, 0.717) is 19.4 Å². The van der Waals surface area contributed by atoms with Gasteiger partial charge in [0.1, 0.15) is 0 Å². The first kappa shape index (κ1) is 17.2. The lowest BCUT2D eigenvalue weighted by molar-refractivity contribution is -0.141. The third kappa shape index (κ3) is 3.57. The number of aromatic amines is 1. The van der Waals surface area contributed by atoms with Gasteiger partial charge < -0.3 is 10.0 Å². The van der Waals surface area contributed by atoms with E-state index in [0.717, 1.165) is 22.5 Å². The summed E-state index contributed by atoms with van der Waals surface area (Å²) in [7, 11) is 0. The lowest BCUT2D eigenvalue weighted by Gasteiger charge is -2.16. The van der Waals surface area contributed by atoms with E-state index < -0.39 is 11.9 Å². The largest absolute Gasteiger partial charge is 0.481 e. The Kier molecular flexibility index (Phi) is 4.88. The smallest absolute Gasteiger partial charge is 0.308 e. The number of hydrogen-bond donors (Lipinski definition) is 2. The zero-order valence-corrected chi connectivity index (χ0v) is 14.5. The highest BCUT2D eigenvalue weighted by atomic mass is 16.4. The number of rotatable bonds is 5. The van der Waals surface area contributed by atoms with Crippen LogP contribution < -0.4 is 0 Å². The minimum absolute atomic E-state index is 0.00951. The average Bonchev–Trinajstić information content (AvgIpc) is 3.19. The van der Waals surface area contributed by atoms with E-state index in [-0.39, 0.29) is 18.4 Å². The van der Waals surface area contributed by atoms with Gasteiger partial charge in [-0.3, -0.25) is 14.7 Å². The fourth-order valence-electron chi connectivity index (χ4n) is 3.46. The van der Waals surface area contributed by atoms with Crippen molar-refractivity contribution in [2.24, 2.45) is 5.92 Å². The van der Waals surface area contributed by atoms with Gasteiger partial charge in [-0.25, -0.2) is 0 Å². The first-order chi connectivity index (χ1) is 12.0. The molecule has 0 unspecified atom stereocenters. The number of nitrogens with one attached hydrogen (secondary N) is 1. The number of carboxylic acids is 1. The summed E-state index contributed by atoms with van der Waals surface area (Å²) in [5, 5.41) is 16.7. The Morgan fingerprint density at radius 3 is 2.56 bits per heavy atom. The maximum Gasteiger partial charge on any atom is 0.308 e. The average molecular weight is 341 g/mol. The predicted octanol–water partition coefficient (Wildman–Crippen LogP) is 2.29. The van der Waals surface area contributed by atoms with Crippen LogP contribution in [-0.2, 0) is 16.0 Å². The van der Waals surface area contributed by atoms with Gasteiger partial charge in [-0.1, -0.05) is 30.3 Å². The molecule has 25 heavy (non-hydrogen) atoms. The number of carbonyl (C=O) groups excluding carboxylic acids is 1. The maximum atomic E-state index is 12.6. The summed E-state index contributed by atoms with van der Waals surface area (Å²) in [5.41, 5.74) is 3.97. The van der Waals surface area contributed by atoms with Gasteiger partial charge in [-0.15, -0.1) is 0 Å².